The lowest BCUT2D eigenvalue weighted by Gasteiger charge is -2.20. The average Bonchev–Trinajstić information content (AvgIpc) is 2.14. The van der Waals surface area contributed by atoms with Crippen LogP contribution < -0.4 is 4.74 Å². The van der Waals surface area contributed by atoms with Gasteiger partial charge in [0.25, 0.3) is 0 Å². The highest BCUT2D eigenvalue weighted by molar-refractivity contribution is 5.32. The molecule has 0 aromatic heterocycles. The van der Waals surface area contributed by atoms with Crippen molar-refractivity contribution in [3.63, 3.8) is 0 Å². The van der Waals surface area contributed by atoms with Crippen LogP contribution in [0.3, 0.4) is 0 Å². The molecule has 0 saturated carbocycles. The fourth-order valence-corrected chi connectivity index (χ4v) is 1.32. The van der Waals surface area contributed by atoms with Crippen LogP contribution in [-0.2, 0) is 5.41 Å². The van der Waals surface area contributed by atoms with Gasteiger partial charge in [0.2, 0.25) is 0 Å². The third-order valence-electron chi connectivity index (χ3n) is 2.28. The van der Waals surface area contributed by atoms with E-state index in [1.54, 1.807) is 0 Å². The van der Waals surface area contributed by atoms with Gasteiger partial charge in [0.15, 0.2) is 0 Å². The van der Waals surface area contributed by atoms with Gasteiger partial charge >= 0.3 is 0 Å². The summed E-state index contributed by atoms with van der Waals surface area (Å²) in [6.07, 6.45) is 0. The molecule has 0 saturated heterocycles. The third kappa shape index (κ3) is 3.94. The van der Waals surface area contributed by atoms with Crippen molar-refractivity contribution in [2.24, 2.45) is 5.92 Å². The van der Waals surface area contributed by atoms with Gasteiger partial charge in [-0.25, -0.2) is 0 Å². The molecule has 0 atom stereocenters. The molecule has 0 spiro atoms. The van der Waals surface area contributed by atoms with Crippen molar-refractivity contribution >= 4 is 0 Å². The molecule has 0 bridgehead atoms. The molecule has 1 aromatic rings. The Balaban J connectivity index is 2.75. The molecule has 84 valence electrons. The highest BCUT2D eigenvalue weighted by Gasteiger charge is 2.13. The van der Waals surface area contributed by atoms with E-state index in [1.807, 2.05) is 6.07 Å². The standard InChI is InChI=1S/C14H22O/c1-11(2)10-15-13-8-6-7-12(9-13)14(3,4)5/h6-9,11H,10H2,1-5H3. The van der Waals surface area contributed by atoms with Gasteiger partial charge in [0.05, 0.1) is 6.61 Å². The third-order valence-corrected chi connectivity index (χ3v) is 2.28. The normalized spacial score (nSPS) is 11.9. The van der Waals surface area contributed by atoms with Crippen LogP contribution in [0.2, 0.25) is 0 Å². The largest absolute Gasteiger partial charge is 0.493 e. The monoisotopic (exact) mass is 206 g/mol. The zero-order valence-electron chi connectivity index (χ0n) is 10.5. The summed E-state index contributed by atoms with van der Waals surface area (Å²) in [5.41, 5.74) is 1.51. The van der Waals surface area contributed by atoms with Crippen molar-refractivity contribution < 1.29 is 4.74 Å². The molecule has 0 aliphatic carbocycles. The first-order chi connectivity index (χ1) is 6.89. The summed E-state index contributed by atoms with van der Waals surface area (Å²) >= 11 is 0. The molecule has 1 nitrogen and oxygen atoms in total. The Bertz CT molecular complexity index is 307. The molecule has 0 heterocycles. The van der Waals surface area contributed by atoms with E-state index in [-0.39, 0.29) is 5.41 Å². The first-order valence-electron chi connectivity index (χ1n) is 5.63. The fourth-order valence-electron chi connectivity index (χ4n) is 1.32. The van der Waals surface area contributed by atoms with Gasteiger partial charge in [-0.3, -0.25) is 0 Å². The lowest BCUT2D eigenvalue weighted by molar-refractivity contribution is 0.270. The van der Waals surface area contributed by atoms with Crippen molar-refractivity contribution in [3.8, 4) is 5.75 Å². The maximum absolute atomic E-state index is 5.70. The molecule has 0 amide bonds. The molecule has 0 radical (unpaired) electrons. The lowest BCUT2D eigenvalue weighted by atomic mass is 9.87. The minimum Gasteiger partial charge on any atom is -0.493 e. The first-order valence-corrected chi connectivity index (χ1v) is 5.63. The molecule has 1 aromatic carbocycles. The van der Waals surface area contributed by atoms with Gasteiger partial charge in [-0.15, -0.1) is 0 Å². The van der Waals surface area contributed by atoms with E-state index >= 15 is 0 Å². The maximum Gasteiger partial charge on any atom is 0.119 e. The van der Waals surface area contributed by atoms with Crippen LogP contribution >= 0.6 is 0 Å². The van der Waals surface area contributed by atoms with Gasteiger partial charge in [-0.2, -0.15) is 0 Å². The summed E-state index contributed by atoms with van der Waals surface area (Å²) < 4.78 is 5.70. The SMILES string of the molecule is CC(C)COc1cccc(C(C)(C)C)c1. The molecule has 0 aliphatic rings. The van der Waals surface area contributed by atoms with Gasteiger partial charge in [0.1, 0.15) is 5.75 Å². The molecule has 1 heteroatoms. The van der Waals surface area contributed by atoms with E-state index in [9.17, 15) is 0 Å². The Morgan fingerprint density at radius 1 is 1.20 bits per heavy atom. The molecular weight excluding hydrogens is 184 g/mol. The van der Waals surface area contributed by atoms with Crippen LogP contribution in [0, 0.1) is 5.92 Å². The number of ether oxygens (including phenoxy) is 1. The average molecular weight is 206 g/mol. The minimum absolute atomic E-state index is 0.192. The Morgan fingerprint density at radius 3 is 2.40 bits per heavy atom. The molecule has 0 aliphatic heterocycles. The zero-order valence-corrected chi connectivity index (χ0v) is 10.5. The van der Waals surface area contributed by atoms with Crippen molar-refractivity contribution in [2.75, 3.05) is 6.61 Å². The molecule has 0 N–H and O–H groups in total. The van der Waals surface area contributed by atoms with Crippen LogP contribution in [-0.4, -0.2) is 6.61 Å². The predicted molar refractivity (Wildman–Crippen MR) is 65.5 cm³/mol. The number of benzene rings is 1. The minimum atomic E-state index is 0.192. The van der Waals surface area contributed by atoms with Crippen molar-refractivity contribution in [1.29, 1.82) is 0 Å². The highest BCUT2D eigenvalue weighted by atomic mass is 16.5. The topological polar surface area (TPSA) is 9.23 Å². The second-order valence-electron chi connectivity index (χ2n) is 5.48. The first kappa shape index (κ1) is 12.1. The van der Waals surface area contributed by atoms with E-state index < -0.39 is 0 Å². The summed E-state index contributed by atoms with van der Waals surface area (Å²) in [5, 5.41) is 0. The van der Waals surface area contributed by atoms with Crippen molar-refractivity contribution in [3.05, 3.63) is 29.8 Å². The van der Waals surface area contributed by atoms with Gasteiger partial charge in [-0.1, -0.05) is 46.8 Å². The molecule has 0 fully saturated rings. The smallest absolute Gasteiger partial charge is 0.119 e. The van der Waals surface area contributed by atoms with E-state index in [4.69, 9.17) is 4.74 Å². The Morgan fingerprint density at radius 2 is 1.87 bits per heavy atom. The quantitative estimate of drug-likeness (QED) is 0.726. The molecule has 15 heavy (non-hydrogen) atoms. The van der Waals surface area contributed by atoms with Crippen molar-refractivity contribution in [2.45, 2.75) is 40.0 Å². The maximum atomic E-state index is 5.70. The Hall–Kier alpha value is -0.980. The number of hydrogen-bond donors (Lipinski definition) is 0. The predicted octanol–water partition coefficient (Wildman–Crippen LogP) is 4.02. The second kappa shape index (κ2) is 4.69. The number of rotatable bonds is 3. The van der Waals surface area contributed by atoms with Crippen LogP contribution in [0.15, 0.2) is 24.3 Å². The van der Waals surface area contributed by atoms with Crippen LogP contribution in [0.25, 0.3) is 0 Å². The van der Waals surface area contributed by atoms with Crippen molar-refractivity contribution in [1.82, 2.24) is 0 Å². The molecule has 0 unspecified atom stereocenters. The number of hydrogen-bond acceptors (Lipinski definition) is 1. The van der Waals surface area contributed by atoms with E-state index in [0.29, 0.717) is 5.92 Å². The summed E-state index contributed by atoms with van der Waals surface area (Å²) in [6.45, 7) is 11.8. The molecular formula is C14H22O. The lowest BCUT2D eigenvalue weighted by Crippen LogP contribution is -2.11. The summed E-state index contributed by atoms with van der Waals surface area (Å²) in [5.74, 6) is 1.56. The van der Waals surface area contributed by atoms with E-state index in [1.165, 1.54) is 5.56 Å². The summed E-state index contributed by atoms with van der Waals surface area (Å²) in [7, 11) is 0. The summed E-state index contributed by atoms with van der Waals surface area (Å²) in [4.78, 5) is 0. The zero-order chi connectivity index (χ0) is 11.5. The second-order valence-corrected chi connectivity index (χ2v) is 5.48. The molecule has 1 rings (SSSR count). The van der Waals surface area contributed by atoms with E-state index in [2.05, 4.69) is 52.8 Å². The highest BCUT2D eigenvalue weighted by Crippen LogP contribution is 2.25. The van der Waals surface area contributed by atoms with Crippen LogP contribution in [0.4, 0.5) is 0 Å². The van der Waals surface area contributed by atoms with Gasteiger partial charge < -0.3 is 4.74 Å². The van der Waals surface area contributed by atoms with Gasteiger partial charge in [-0.05, 0) is 29.0 Å². The van der Waals surface area contributed by atoms with E-state index in [0.717, 1.165) is 12.4 Å². The van der Waals surface area contributed by atoms with Crippen LogP contribution in [0.5, 0.6) is 5.75 Å². The van der Waals surface area contributed by atoms with Crippen LogP contribution in [0.1, 0.15) is 40.2 Å². The fraction of sp³-hybridized carbons (Fsp3) is 0.571. The Kier molecular flexibility index (Phi) is 3.78. The Labute approximate surface area is 93.5 Å². The summed E-state index contributed by atoms with van der Waals surface area (Å²) in [6, 6.07) is 8.39. The van der Waals surface area contributed by atoms with Gasteiger partial charge in [0, 0.05) is 0 Å².